The predicted molar refractivity (Wildman–Crippen MR) is 47.3 cm³/mol. The van der Waals surface area contributed by atoms with Crippen LogP contribution in [-0.4, -0.2) is 4.57 Å². The quantitative estimate of drug-likeness (QED) is 0.622. The maximum Gasteiger partial charge on any atom is 0.0647 e. The highest BCUT2D eigenvalue weighted by molar-refractivity contribution is 4.88. The SMILES string of the molecule is CC(C)CCCn1[c]ccc1. The molecule has 1 heterocycles. The van der Waals surface area contributed by atoms with Crippen molar-refractivity contribution < 1.29 is 0 Å². The van der Waals surface area contributed by atoms with Crippen LogP contribution in [0.15, 0.2) is 18.3 Å². The van der Waals surface area contributed by atoms with Gasteiger partial charge in [0.15, 0.2) is 0 Å². The van der Waals surface area contributed by atoms with Crippen LogP contribution in [0.1, 0.15) is 26.7 Å². The Hall–Kier alpha value is -0.720. The van der Waals surface area contributed by atoms with Gasteiger partial charge in [-0.05, 0) is 30.9 Å². The Bertz CT molecular complexity index is 175. The molecule has 0 saturated carbocycles. The molecule has 1 aromatic rings. The summed E-state index contributed by atoms with van der Waals surface area (Å²) in [5.41, 5.74) is 0. The van der Waals surface area contributed by atoms with Gasteiger partial charge in [0.1, 0.15) is 0 Å². The standard InChI is InChI=1S/C10H16N/c1-10(2)6-5-9-11-7-3-4-8-11/h3-4,7,10H,5-6,9H2,1-2H3. The van der Waals surface area contributed by atoms with Gasteiger partial charge in [0.2, 0.25) is 0 Å². The van der Waals surface area contributed by atoms with Crippen LogP contribution in [0.4, 0.5) is 0 Å². The highest BCUT2D eigenvalue weighted by Gasteiger charge is 1.93. The maximum absolute atomic E-state index is 3.13. The zero-order chi connectivity index (χ0) is 8.10. The van der Waals surface area contributed by atoms with Gasteiger partial charge in [-0.1, -0.05) is 13.8 Å². The summed E-state index contributed by atoms with van der Waals surface area (Å²) < 4.78 is 2.11. The third-order valence-corrected chi connectivity index (χ3v) is 1.78. The first-order valence-corrected chi connectivity index (χ1v) is 4.32. The minimum absolute atomic E-state index is 0.825. The van der Waals surface area contributed by atoms with E-state index in [4.69, 9.17) is 0 Å². The van der Waals surface area contributed by atoms with Gasteiger partial charge in [0.05, 0.1) is 6.20 Å². The molecule has 11 heavy (non-hydrogen) atoms. The Kier molecular flexibility index (Phi) is 3.21. The van der Waals surface area contributed by atoms with Gasteiger partial charge in [-0.25, -0.2) is 0 Å². The van der Waals surface area contributed by atoms with Crippen LogP contribution in [0.25, 0.3) is 0 Å². The first-order chi connectivity index (χ1) is 5.29. The number of rotatable bonds is 4. The van der Waals surface area contributed by atoms with E-state index in [1.807, 2.05) is 12.1 Å². The lowest BCUT2D eigenvalue weighted by Crippen LogP contribution is -1.96. The van der Waals surface area contributed by atoms with Gasteiger partial charge >= 0.3 is 0 Å². The number of aromatic nitrogens is 1. The lowest BCUT2D eigenvalue weighted by atomic mass is 10.1. The first kappa shape index (κ1) is 8.38. The van der Waals surface area contributed by atoms with Crippen molar-refractivity contribution in [2.45, 2.75) is 33.2 Å². The van der Waals surface area contributed by atoms with Gasteiger partial charge in [-0.2, -0.15) is 0 Å². The molecule has 0 bridgehead atoms. The van der Waals surface area contributed by atoms with Crippen LogP contribution in [0, 0.1) is 12.1 Å². The largest absolute Gasteiger partial charge is 0.346 e. The normalized spacial score (nSPS) is 10.8. The molecule has 0 N–H and O–H groups in total. The summed E-state index contributed by atoms with van der Waals surface area (Å²) in [5.74, 6) is 0.825. The molecule has 0 aromatic carbocycles. The van der Waals surface area contributed by atoms with E-state index >= 15 is 0 Å². The van der Waals surface area contributed by atoms with Gasteiger partial charge < -0.3 is 4.57 Å². The van der Waals surface area contributed by atoms with E-state index in [-0.39, 0.29) is 0 Å². The van der Waals surface area contributed by atoms with Crippen molar-refractivity contribution in [2.75, 3.05) is 0 Å². The predicted octanol–water partition coefficient (Wildman–Crippen LogP) is 2.72. The Labute approximate surface area is 69.0 Å². The lowest BCUT2D eigenvalue weighted by Gasteiger charge is -2.04. The highest BCUT2D eigenvalue weighted by atomic mass is 14.9. The minimum Gasteiger partial charge on any atom is -0.346 e. The van der Waals surface area contributed by atoms with E-state index in [0.29, 0.717) is 0 Å². The Morgan fingerprint density at radius 2 is 2.27 bits per heavy atom. The molecule has 0 aliphatic heterocycles. The molecule has 0 amide bonds. The van der Waals surface area contributed by atoms with Crippen LogP contribution in [0.3, 0.4) is 0 Å². The minimum atomic E-state index is 0.825. The van der Waals surface area contributed by atoms with Crippen molar-refractivity contribution in [2.24, 2.45) is 5.92 Å². The molecule has 1 nitrogen and oxygen atoms in total. The summed E-state index contributed by atoms with van der Waals surface area (Å²) in [7, 11) is 0. The molecule has 0 fully saturated rings. The number of aryl methyl sites for hydroxylation is 1. The van der Waals surface area contributed by atoms with Crippen LogP contribution in [0.5, 0.6) is 0 Å². The number of nitrogens with zero attached hydrogens (tertiary/aromatic N) is 1. The molecule has 1 rings (SSSR count). The number of hydrogen-bond donors (Lipinski definition) is 0. The lowest BCUT2D eigenvalue weighted by molar-refractivity contribution is 0.512. The molecule has 1 aromatic heterocycles. The average molecular weight is 150 g/mol. The molecule has 61 valence electrons. The Morgan fingerprint density at radius 1 is 1.45 bits per heavy atom. The summed E-state index contributed by atoms with van der Waals surface area (Å²) in [6.07, 6.45) is 7.78. The molecule has 0 atom stereocenters. The van der Waals surface area contributed by atoms with E-state index in [1.165, 1.54) is 12.8 Å². The van der Waals surface area contributed by atoms with Gasteiger partial charge in [-0.3, -0.25) is 0 Å². The van der Waals surface area contributed by atoms with Crippen molar-refractivity contribution in [3.05, 3.63) is 24.5 Å². The smallest absolute Gasteiger partial charge is 0.0647 e. The third kappa shape index (κ3) is 3.26. The van der Waals surface area contributed by atoms with Crippen molar-refractivity contribution in [1.82, 2.24) is 4.57 Å². The fourth-order valence-corrected chi connectivity index (χ4v) is 1.14. The first-order valence-electron chi connectivity index (χ1n) is 4.32. The maximum atomic E-state index is 3.13. The van der Waals surface area contributed by atoms with Crippen LogP contribution < -0.4 is 0 Å². The topological polar surface area (TPSA) is 4.93 Å². The summed E-state index contributed by atoms with van der Waals surface area (Å²) in [6.45, 7) is 5.64. The molecule has 1 heteroatoms. The molecular formula is C10H16N. The molecule has 1 radical (unpaired) electrons. The van der Waals surface area contributed by atoms with E-state index in [9.17, 15) is 0 Å². The molecule has 0 aliphatic carbocycles. The second kappa shape index (κ2) is 4.22. The van der Waals surface area contributed by atoms with E-state index in [2.05, 4.69) is 30.8 Å². The molecule has 0 aliphatic rings. The fraction of sp³-hybridized carbons (Fsp3) is 0.600. The van der Waals surface area contributed by atoms with Gasteiger partial charge in [-0.15, -0.1) is 0 Å². The third-order valence-electron chi connectivity index (χ3n) is 1.78. The van der Waals surface area contributed by atoms with Crippen molar-refractivity contribution in [3.63, 3.8) is 0 Å². The summed E-state index contributed by atoms with van der Waals surface area (Å²) >= 11 is 0. The zero-order valence-electron chi connectivity index (χ0n) is 7.38. The van der Waals surface area contributed by atoms with Crippen LogP contribution in [0.2, 0.25) is 0 Å². The highest BCUT2D eigenvalue weighted by Crippen LogP contribution is 2.04. The van der Waals surface area contributed by atoms with Crippen LogP contribution in [-0.2, 0) is 6.54 Å². The van der Waals surface area contributed by atoms with Gasteiger partial charge in [0, 0.05) is 12.7 Å². The van der Waals surface area contributed by atoms with Crippen molar-refractivity contribution >= 4 is 0 Å². The summed E-state index contributed by atoms with van der Waals surface area (Å²) in [5, 5.41) is 0. The Balaban J connectivity index is 2.14. The van der Waals surface area contributed by atoms with Crippen molar-refractivity contribution in [3.8, 4) is 0 Å². The van der Waals surface area contributed by atoms with Gasteiger partial charge in [0.25, 0.3) is 0 Å². The molecular weight excluding hydrogens is 134 g/mol. The summed E-state index contributed by atoms with van der Waals surface area (Å²) in [4.78, 5) is 0. The average Bonchev–Trinajstić information content (AvgIpc) is 2.39. The molecule has 0 spiro atoms. The molecule has 0 saturated heterocycles. The Morgan fingerprint density at radius 3 is 2.82 bits per heavy atom. The van der Waals surface area contributed by atoms with Crippen molar-refractivity contribution in [1.29, 1.82) is 0 Å². The summed E-state index contributed by atoms with van der Waals surface area (Å²) in [6, 6.07) is 3.98. The van der Waals surface area contributed by atoms with E-state index < -0.39 is 0 Å². The monoisotopic (exact) mass is 150 g/mol. The zero-order valence-corrected chi connectivity index (χ0v) is 7.38. The second-order valence-electron chi connectivity index (χ2n) is 3.37. The fourth-order valence-electron chi connectivity index (χ4n) is 1.14. The van der Waals surface area contributed by atoms with Crippen LogP contribution >= 0.6 is 0 Å². The number of hydrogen-bond acceptors (Lipinski definition) is 0. The molecule has 0 unspecified atom stereocenters. The van der Waals surface area contributed by atoms with E-state index in [0.717, 1.165) is 12.5 Å². The van der Waals surface area contributed by atoms with E-state index in [1.54, 1.807) is 0 Å². The second-order valence-corrected chi connectivity index (χ2v) is 3.37.